The monoisotopic (exact) mass is 311 g/mol. The van der Waals surface area contributed by atoms with Gasteiger partial charge in [-0.2, -0.15) is 11.8 Å². The summed E-state index contributed by atoms with van der Waals surface area (Å²) in [6.07, 6.45) is 1.98. The van der Waals surface area contributed by atoms with Gasteiger partial charge in [-0.25, -0.2) is 0 Å². The fraction of sp³-hybridized carbons (Fsp3) is 0.500. The Labute approximate surface area is 129 Å². The van der Waals surface area contributed by atoms with E-state index in [0.717, 1.165) is 5.75 Å². The molecule has 0 aliphatic heterocycles. The summed E-state index contributed by atoms with van der Waals surface area (Å²) in [6.45, 7) is 4.40. The van der Waals surface area contributed by atoms with Crippen LogP contribution in [0.1, 0.15) is 24.2 Å². The van der Waals surface area contributed by atoms with E-state index in [1.165, 1.54) is 6.07 Å². The Morgan fingerprint density at radius 1 is 1.52 bits per heavy atom. The van der Waals surface area contributed by atoms with E-state index >= 15 is 0 Å². The molecule has 0 radical (unpaired) electrons. The lowest BCUT2D eigenvalue weighted by molar-refractivity contribution is -0.384. The summed E-state index contributed by atoms with van der Waals surface area (Å²) in [5, 5.41) is 14.0. The fourth-order valence-corrected chi connectivity index (χ4v) is 2.62. The van der Waals surface area contributed by atoms with Crippen LogP contribution in [0.5, 0.6) is 0 Å². The topological polar surface area (TPSA) is 75.5 Å². The molecule has 1 aromatic rings. The van der Waals surface area contributed by atoms with Crippen molar-refractivity contribution in [1.29, 1.82) is 0 Å². The molecule has 0 saturated heterocycles. The number of hydrogen-bond donors (Lipinski definition) is 1. The normalized spacial score (nSPS) is 11.8. The zero-order valence-electron chi connectivity index (χ0n) is 12.8. The highest BCUT2D eigenvalue weighted by molar-refractivity contribution is 7.98. The molecule has 1 rings (SSSR count). The number of anilines is 1. The van der Waals surface area contributed by atoms with Crippen molar-refractivity contribution < 1.29 is 9.72 Å². The van der Waals surface area contributed by atoms with E-state index in [1.54, 1.807) is 35.8 Å². The van der Waals surface area contributed by atoms with E-state index < -0.39 is 4.92 Å². The van der Waals surface area contributed by atoms with Crippen LogP contribution in [0.25, 0.3) is 0 Å². The third-order valence-corrected chi connectivity index (χ3v) is 4.01. The molecule has 0 aromatic heterocycles. The highest BCUT2D eigenvalue weighted by atomic mass is 32.2. The van der Waals surface area contributed by atoms with E-state index in [9.17, 15) is 14.9 Å². The van der Waals surface area contributed by atoms with Gasteiger partial charge in [0, 0.05) is 37.0 Å². The lowest BCUT2D eigenvalue weighted by Gasteiger charge is -2.24. The number of amides is 1. The van der Waals surface area contributed by atoms with Crippen LogP contribution in [0.4, 0.5) is 11.4 Å². The third-order valence-electron chi connectivity index (χ3n) is 3.20. The Morgan fingerprint density at radius 2 is 2.19 bits per heavy atom. The number of carbonyl (C=O) groups is 1. The van der Waals surface area contributed by atoms with Gasteiger partial charge in [0.2, 0.25) is 0 Å². The number of benzene rings is 1. The van der Waals surface area contributed by atoms with Gasteiger partial charge in [-0.3, -0.25) is 14.9 Å². The summed E-state index contributed by atoms with van der Waals surface area (Å²) >= 11 is 1.66. The first-order valence-corrected chi connectivity index (χ1v) is 8.10. The first-order chi connectivity index (χ1) is 9.92. The molecular formula is C14H21N3O3S. The molecule has 0 heterocycles. The van der Waals surface area contributed by atoms with Crippen LogP contribution in [0.3, 0.4) is 0 Å². The molecule has 7 heteroatoms. The summed E-state index contributed by atoms with van der Waals surface area (Å²) < 4.78 is 0. The summed E-state index contributed by atoms with van der Waals surface area (Å²) in [5.41, 5.74) is 0.686. The van der Waals surface area contributed by atoms with Gasteiger partial charge in [0.05, 0.1) is 4.92 Å². The molecule has 6 nitrogen and oxygen atoms in total. The minimum Gasteiger partial charge on any atom is -0.380 e. The quantitative estimate of drug-likeness (QED) is 0.619. The van der Waals surface area contributed by atoms with E-state index in [0.29, 0.717) is 17.8 Å². The van der Waals surface area contributed by atoms with Crippen LogP contribution in [-0.2, 0) is 0 Å². The Balaban J connectivity index is 3.05. The predicted molar refractivity (Wildman–Crippen MR) is 87.2 cm³/mol. The molecule has 0 aliphatic rings. The molecule has 116 valence electrons. The SMILES string of the molecule is CCNc1ccc(C(=O)N(C)C(C)CSC)cc1[N+](=O)[O-]. The van der Waals surface area contributed by atoms with Crippen LogP contribution >= 0.6 is 11.8 Å². The minimum atomic E-state index is -0.472. The second-order valence-electron chi connectivity index (χ2n) is 4.74. The largest absolute Gasteiger partial charge is 0.380 e. The van der Waals surface area contributed by atoms with Gasteiger partial charge in [-0.05, 0) is 32.2 Å². The number of nitro groups is 1. The highest BCUT2D eigenvalue weighted by Crippen LogP contribution is 2.26. The number of thioether (sulfide) groups is 1. The van der Waals surface area contributed by atoms with Crippen molar-refractivity contribution in [2.45, 2.75) is 19.9 Å². The fourth-order valence-electron chi connectivity index (χ4n) is 1.91. The molecule has 1 unspecified atom stereocenters. The standard InChI is InChI=1S/C14H21N3O3S/c1-5-15-12-7-6-11(8-13(12)17(19)20)14(18)16(3)10(2)9-21-4/h6-8,10,15H,5,9H2,1-4H3. The predicted octanol–water partition coefficient (Wildman–Crippen LogP) is 2.85. The second-order valence-corrected chi connectivity index (χ2v) is 5.65. The van der Waals surface area contributed by atoms with Gasteiger partial charge in [0.25, 0.3) is 11.6 Å². The van der Waals surface area contributed by atoms with Crippen molar-refractivity contribution >= 4 is 29.0 Å². The van der Waals surface area contributed by atoms with Gasteiger partial charge in [-0.1, -0.05) is 0 Å². The zero-order chi connectivity index (χ0) is 16.0. The van der Waals surface area contributed by atoms with E-state index in [2.05, 4.69) is 5.32 Å². The molecule has 0 aliphatic carbocycles. The number of nitrogens with one attached hydrogen (secondary N) is 1. The van der Waals surface area contributed by atoms with Crippen LogP contribution in [-0.4, -0.2) is 47.4 Å². The molecule has 1 N–H and O–H groups in total. The van der Waals surface area contributed by atoms with Crippen molar-refractivity contribution in [2.75, 3.05) is 30.9 Å². The molecule has 1 amide bonds. The smallest absolute Gasteiger partial charge is 0.293 e. The maximum Gasteiger partial charge on any atom is 0.293 e. The Hall–Kier alpha value is -1.76. The zero-order valence-corrected chi connectivity index (χ0v) is 13.6. The molecule has 0 saturated carbocycles. The first-order valence-electron chi connectivity index (χ1n) is 6.70. The number of hydrogen-bond acceptors (Lipinski definition) is 5. The van der Waals surface area contributed by atoms with Crippen LogP contribution < -0.4 is 5.32 Å². The van der Waals surface area contributed by atoms with Crippen molar-refractivity contribution in [3.8, 4) is 0 Å². The molecule has 21 heavy (non-hydrogen) atoms. The van der Waals surface area contributed by atoms with E-state index in [1.807, 2.05) is 20.1 Å². The maximum atomic E-state index is 12.4. The molecule has 1 atom stereocenters. The average Bonchev–Trinajstić information content (AvgIpc) is 2.46. The number of carbonyl (C=O) groups excluding carboxylic acids is 1. The average molecular weight is 311 g/mol. The summed E-state index contributed by atoms with van der Waals surface area (Å²) in [5.74, 6) is 0.613. The summed E-state index contributed by atoms with van der Waals surface area (Å²) in [6, 6.07) is 4.61. The molecule has 0 spiro atoms. The molecular weight excluding hydrogens is 290 g/mol. The van der Waals surface area contributed by atoms with E-state index in [-0.39, 0.29) is 17.6 Å². The van der Waals surface area contributed by atoms with Gasteiger partial charge < -0.3 is 10.2 Å². The summed E-state index contributed by atoms with van der Waals surface area (Å²) in [4.78, 5) is 24.6. The van der Waals surface area contributed by atoms with Crippen molar-refractivity contribution in [2.24, 2.45) is 0 Å². The van der Waals surface area contributed by atoms with Gasteiger partial charge in [0.15, 0.2) is 0 Å². The number of nitro benzene ring substituents is 1. The van der Waals surface area contributed by atoms with Gasteiger partial charge in [0.1, 0.15) is 5.69 Å². The van der Waals surface area contributed by atoms with Crippen LogP contribution in [0.2, 0.25) is 0 Å². The van der Waals surface area contributed by atoms with Crippen molar-refractivity contribution in [1.82, 2.24) is 4.90 Å². The number of nitrogens with zero attached hydrogens (tertiary/aromatic N) is 2. The van der Waals surface area contributed by atoms with Gasteiger partial charge >= 0.3 is 0 Å². The lowest BCUT2D eigenvalue weighted by atomic mass is 10.1. The third kappa shape index (κ3) is 4.35. The van der Waals surface area contributed by atoms with Gasteiger partial charge in [-0.15, -0.1) is 0 Å². The van der Waals surface area contributed by atoms with E-state index in [4.69, 9.17) is 0 Å². The Kier molecular flexibility index (Phi) is 6.48. The highest BCUT2D eigenvalue weighted by Gasteiger charge is 2.21. The van der Waals surface area contributed by atoms with Crippen LogP contribution in [0.15, 0.2) is 18.2 Å². The molecule has 0 fully saturated rings. The minimum absolute atomic E-state index is 0.0694. The van der Waals surface area contributed by atoms with Crippen molar-refractivity contribution in [3.05, 3.63) is 33.9 Å². The molecule has 1 aromatic carbocycles. The van der Waals surface area contributed by atoms with Crippen LogP contribution in [0, 0.1) is 10.1 Å². The first kappa shape index (κ1) is 17.3. The van der Waals surface area contributed by atoms with Crippen molar-refractivity contribution in [3.63, 3.8) is 0 Å². The Morgan fingerprint density at radius 3 is 2.71 bits per heavy atom. The maximum absolute atomic E-state index is 12.4. The Bertz CT molecular complexity index is 522. The second kappa shape index (κ2) is 7.87. The molecule has 0 bridgehead atoms. The lowest BCUT2D eigenvalue weighted by Crippen LogP contribution is -2.36. The number of rotatable bonds is 7. The summed E-state index contributed by atoms with van der Waals surface area (Å²) in [7, 11) is 1.72.